The summed E-state index contributed by atoms with van der Waals surface area (Å²) < 4.78 is 0. The van der Waals surface area contributed by atoms with Crippen molar-refractivity contribution in [3.8, 4) is 0 Å². The van der Waals surface area contributed by atoms with Crippen LogP contribution in [0.2, 0.25) is 0 Å². The number of hydrogen-bond donors (Lipinski definition) is 2. The zero-order chi connectivity index (χ0) is 11.0. The summed E-state index contributed by atoms with van der Waals surface area (Å²) in [5.74, 6) is 0.695. The van der Waals surface area contributed by atoms with E-state index in [-0.39, 0.29) is 0 Å². The lowest BCUT2D eigenvalue weighted by Crippen LogP contribution is -2.07. The van der Waals surface area contributed by atoms with Gasteiger partial charge in [0.25, 0.3) is 0 Å². The second-order valence-electron chi connectivity index (χ2n) is 4.63. The number of aryl methyl sites for hydroxylation is 1. The summed E-state index contributed by atoms with van der Waals surface area (Å²) in [6.07, 6.45) is 4.57. The van der Waals surface area contributed by atoms with E-state index in [4.69, 9.17) is 0 Å². The van der Waals surface area contributed by atoms with Gasteiger partial charge < -0.3 is 10.3 Å². The number of H-pyrrole nitrogens is 1. The lowest BCUT2D eigenvalue weighted by atomic mass is 9.97. The van der Waals surface area contributed by atoms with E-state index in [1.165, 1.54) is 28.5 Å². The van der Waals surface area contributed by atoms with E-state index < -0.39 is 0 Å². The average Bonchev–Trinajstić information content (AvgIpc) is 2.96. The number of benzene rings is 1. The van der Waals surface area contributed by atoms with E-state index in [9.17, 15) is 0 Å². The van der Waals surface area contributed by atoms with Crippen molar-refractivity contribution in [3.63, 3.8) is 0 Å². The summed E-state index contributed by atoms with van der Waals surface area (Å²) >= 11 is 0. The van der Waals surface area contributed by atoms with Crippen molar-refractivity contribution in [2.75, 3.05) is 13.1 Å². The highest BCUT2D eigenvalue weighted by Crippen LogP contribution is 2.30. The van der Waals surface area contributed by atoms with Crippen LogP contribution in [0.4, 0.5) is 0 Å². The molecule has 1 aromatic heterocycles. The third-order valence-electron chi connectivity index (χ3n) is 3.71. The molecule has 0 saturated carbocycles. The highest BCUT2D eigenvalue weighted by molar-refractivity contribution is 5.86. The maximum absolute atomic E-state index is 3.46. The third-order valence-corrected chi connectivity index (χ3v) is 3.71. The molecular weight excluding hydrogens is 196 g/mol. The first kappa shape index (κ1) is 9.91. The lowest BCUT2D eigenvalue weighted by molar-refractivity contribution is 0.769. The molecule has 1 aliphatic heterocycles. The first-order valence-corrected chi connectivity index (χ1v) is 6.19. The van der Waals surface area contributed by atoms with Gasteiger partial charge in [-0.1, -0.05) is 25.1 Å². The summed E-state index contributed by atoms with van der Waals surface area (Å²) in [7, 11) is 0. The molecule has 0 amide bonds. The fourth-order valence-electron chi connectivity index (χ4n) is 2.79. The smallest absolute Gasteiger partial charge is 0.0489 e. The predicted molar refractivity (Wildman–Crippen MR) is 67.9 cm³/mol. The van der Waals surface area contributed by atoms with Gasteiger partial charge in [0.05, 0.1) is 0 Å². The van der Waals surface area contributed by atoms with Crippen molar-refractivity contribution in [1.82, 2.24) is 10.3 Å². The second-order valence-corrected chi connectivity index (χ2v) is 4.63. The SMILES string of the molecule is CCc1cccc2c(C3CCNC3)c[nH]c12. The normalized spacial score (nSPS) is 20.7. The number of rotatable bonds is 2. The van der Waals surface area contributed by atoms with Crippen molar-refractivity contribution in [1.29, 1.82) is 0 Å². The van der Waals surface area contributed by atoms with Crippen LogP contribution in [0.5, 0.6) is 0 Å². The van der Waals surface area contributed by atoms with Crippen molar-refractivity contribution in [3.05, 3.63) is 35.5 Å². The summed E-state index contributed by atoms with van der Waals surface area (Å²) in [6, 6.07) is 6.65. The molecule has 1 fully saturated rings. The molecule has 1 atom stereocenters. The Hall–Kier alpha value is -1.28. The number of aromatic nitrogens is 1. The first-order valence-electron chi connectivity index (χ1n) is 6.19. The van der Waals surface area contributed by atoms with Gasteiger partial charge in [-0.25, -0.2) is 0 Å². The third kappa shape index (κ3) is 1.45. The molecule has 2 N–H and O–H groups in total. The second kappa shape index (κ2) is 3.95. The zero-order valence-electron chi connectivity index (χ0n) is 9.72. The molecule has 84 valence electrons. The summed E-state index contributed by atoms with van der Waals surface area (Å²) in [6.45, 7) is 4.50. The fourth-order valence-corrected chi connectivity index (χ4v) is 2.79. The van der Waals surface area contributed by atoms with Crippen LogP contribution in [0.25, 0.3) is 10.9 Å². The minimum atomic E-state index is 0.695. The maximum atomic E-state index is 3.46. The first-order chi connectivity index (χ1) is 7.90. The van der Waals surface area contributed by atoms with Gasteiger partial charge in [-0.3, -0.25) is 0 Å². The molecule has 0 bridgehead atoms. The van der Waals surface area contributed by atoms with Gasteiger partial charge in [0, 0.05) is 23.6 Å². The molecule has 0 radical (unpaired) electrons. The van der Waals surface area contributed by atoms with Gasteiger partial charge >= 0.3 is 0 Å². The Balaban J connectivity index is 2.12. The highest BCUT2D eigenvalue weighted by atomic mass is 14.9. The Morgan fingerprint density at radius 2 is 2.31 bits per heavy atom. The van der Waals surface area contributed by atoms with Crippen LogP contribution in [-0.4, -0.2) is 18.1 Å². The van der Waals surface area contributed by atoms with E-state index in [0.29, 0.717) is 5.92 Å². The van der Waals surface area contributed by atoms with Gasteiger partial charge in [0.2, 0.25) is 0 Å². The van der Waals surface area contributed by atoms with E-state index in [0.717, 1.165) is 19.5 Å². The van der Waals surface area contributed by atoms with Crippen LogP contribution in [0.15, 0.2) is 24.4 Å². The lowest BCUT2D eigenvalue weighted by Gasteiger charge is -2.07. The summed E-state index contributed by atoms with van der Waals surface area (Å²) in [4.78, 5) is 3.46. The molecule has 3 rings (SSSR count). The molecular formula is C14H18N2. The van der Waals surface area contributed by atoms with E-state index in [2.05, 4.69) is 41.6 Å². The molecule has 1 aromatic carbocycles. The zero-order valence-corrected chi connectivity index (χ0v) is 9.72. The van der Waals surface area contributed by atoms with Crippen molar-refractivity contribution >= 4 is 10.9 Å². The van der Waals surface area contributed by atoms with Gasteiger partial charge in [-0.05, 0) is 36.4 Å². The standard InChI is InChI=1S/C14H18N2/c1-2-10-4-3-5-12-13(9-16-14(10)12)11-6-7-15-8-11/h3-5,9,11,15-16H,2,6-8H2,1H3. The Kier molecular flexibility index (Phi) is 2.44. The number of para-hydroxylation sites is 1. The average molecular weight is 214 g/mol. The fraction of sp³-hybridized carbons (Fsp3) is 0.429. The van der Waals surface area contributed by atoms with E-state index >= 15 is 0 Å². The predicted octanol–water partition coefficient (Wildman–Crippen LogP) is 2.81. The van der Waals surface area contributed by atoms with Crippen LogP contribution in [-0.2, 0) is 6.42 Å². The monoisotopic (exact) mass is 214 g/mol. The molecule has 0 spiro atoms. The molecule has 0 aliphatic carbocycles. The van der Waals surface area contributed by atoms with Crippen molar-refractivity contribution in [2.45, 2.75) is 25.7 Å². The molecule has 2 heteroatoms. The molecule has 1 saturated heterocycles. The number of aromatic amines is 1. The number of fused-ring (bicyclic) bond motifs is 1. The van der Waals surface area contributed by atoms with Crippen LogP contribution < -0.4 is 5.32 Å². The number of hydrogen-bond acceptors (Lipinski definition) is 1. The number of nitrogens with one attached hydrogen (secondary N) is 2. The van der Waals surface area contributed by atoms with Crippen LogP contribution in [0, 0.1) is 0 Å². The summed E-state index contributed by atoms with van der Waals surface area (Å²) in [5.41, 5.74) is 4.26. The van der Waals surface area contributed by atoms with Crippen LogP contribution >= 0.6 is 0 Å². The minimum absolute atomic E-state index is 0.695. The molecule has 2 nitrogen and oxygen atoms in total. The summed E-state index contributed by atoms with van der Waals surface area (Å²) in [5, 5.41) is 4.86. The topological polar surface area (TPSA) is 27.8 Å². The molecule has 2 heterocycles. The Morgan fingerprint density at radius 3 is 3.06 bits per heavy atom. The van der Waals surface area contributed by atoms with Crippen molar-refractivity contribution in [2.24, 2.45) is 0 Å². The highest BCUT2D eigenvalue weighted by Gasteiger charge is 2.19. The largest absolute Gasteiger partial charge is 0.361 e. The van der Waals surface area contributed by atoms with Gasteiger partial charge in [-0.2, -0.15) is 0 Å². The van der Waals surface area contributed by atoms with Gasteiger partial charge in [0.15, 0.2) is 0 Å². The molecule has 2 aromatic rings. The Bertz CT molecular complexity index is 492. The van der Waals surface area contributed by atoms with Crippen LogP contribution in [0.1, 0.15) is 30.4 Å². The maximum Gasteiger partial charge on any atom is 0.0489 e. The Labute approximate surface area is 96.1 Å². The van der Waals surface area contributed by atoms with Gasteiger partial charge in [0.1, 0.15) is 0 Å². The van der Waals surface area contributed by atoms with Crippen LogP contribution in [0.3, 0.4) is 0 Å². The van der Waals surface area contributed by atoms with E-state index in [1.54, 1.807) is 0 Å². The van der Waals surface area contributed by atoms with Crippen molar-refractivity contribution < 1.29 is 0 Å². The Morgan fingerprint density at radius 1 is 1.38 bits per heavy atom. The quantitative estimate of drug-likeness (QED) is 0.790. The molecule has 1 aliphatic rings. The molecule has 1 unspecified atom stereocenters. The van der Waals surface area contributed by atoms with E-state index in [1.807, 2.05) is 0 Å². The van der Waals surface area contributed by atoms with Gasteiger partial charge in [-0.15, -0.1) is 0 Å². The minimum Gasteiger partial charge on any atom is -0.361 e. The molecule has 16 heavy (non-hydrogen) atoms.